The molecule has 3 rings (SSSR count). The van der Waals surface area contributed by atoms with Gasteiger partial charge in [0.25, 0.3) is 0 Å². The zero-order valence-electron chi connectivity index (χ0n) is 12.7. The van der Waals surface area contributed by atoms with Crippen molar-refractivity contribution in [3.05, 3.63) is 22.9 Å². The molecule has 0 bridgehead atoms. The maximum Gasteiger partial charge on any atom is 0.133 e. The normalized spacial score (nSPS) is 22.1. The Morgan fingerprint density at radius 2 is 2.20 bits per heavy atom. The van der Waals surface area contributed by atoms with Crippen molar-refractivity contribution < 1.29 is 0 Å². The summed E-state index contributed by atoms with van der Waals surface area (Å²) in [7, 11) is 0. The molecule has 3 nitrogen and oxygen atoms in total. The minimum atomic E-state index is 0.616. The molecule has 1 aliphatic heterocycles. The predicted octanol–water partition coefficient (Wildman–Crippen LogP) is 3.05. The van der Waals surface area contributed by atoms with Crippen LogP contribution in [0.2, 0.25) is 0 Å². The number of rotatable bonds is 4. The summed E-state index contributed by atoms with van der Waals surface area (Å²) in [5.41, 5.74) is 10.0. The largest absolute Gasteiger partial charge is 0.356 e. The predicted molar refractivity (Wildman–Crippen MR) is 84.0 cm³/mol. The van der Waals surface area contributed by atoms with E-state index in [4.69, 9.17) is 10.7 Å². The first-order valence-electron chi connectivity index (χ1n) is 8.28. The topological polar surface area (TPSA) is 42.2 Å². The quantitative estimate of drug-likeness (QED) is 0.917. The molecule has 2 N–H and O–H groups in total. The van der Waals surface area contributed by atoms with E-state index in [0.717, 1.165) is 18.9 Å². The lowest BCUT2D eigenvalue weighted by Gasteiger charge is -2.24. The molecule has 2 aliphatic rings. The molecule has 1 saturated heterocycles. The van der Waals surface area contributed by atoms with Crippen molar-refractivity contribution in [3.63, 3.8) is 0 Å². The third-order valence-electron chi connectivity index (χ3n) is 4.86. The second kappa shape index (κ2) is 6.13. The number of pyridine rings is 1. The molecule has 3 heteroatoms. The van der Waals surface area contributed by atoms with Crippen LogP contribution in [-0.2, 0) is 19.4 Å². The lowest BCUT2D eigenvalue weighted by molar-refractivity contribution is 0.529. The molecule has 0 aromatic carbocycles. The summed E-state index contributed by atoms with van der Waals surface area (Å²) < 4.78 is 0. The van der Waals surface area contributed by atoms with Crippen molar-refractivity contribution in [1.82, 2.24) is 4.98 Å². The van der Waals surface area contributed by atoms with E-state index in [0.29, 0.717) is 6.54 Å². The molecular formula is C17H27N3. The summed E-state index contributed by atoms with van der Waals surface area (Å²) in [6.45, 7) is 5.23. The van der Waals surface area contributed by atoms with Crippen LogP contribution in [0.25, 0.3) is 0 Å². The third kappa shape index (κ3) is 2.69. The molecule has 1 aliphatic carbocycles. The Bertz CT molecular complexity index is 470. The SMILES string of the molecule is CCCC1CCN(c2nc3c(cc2CN)CCCC3)C1. The molecule has 1 aromatic rings. The molecule has 1 fully saturated rings. The van der Waals surface area contributed by atoms with E-state index in [1.165, 1.54) is 67.7 Å². The first-order chi connectivity index (χ1) is 9.81. The zero-order valence-corrected chi connectivity index (χ0v) is 12.7. The standard InChI is InChI=1S/C17H27N3/c1-2-5-13-8-9-20(12-13)17-15(11-18)10-14-6-3-4-7-16(14)19-17/h10,13H,2-9,11-12,18H2,1H3. The highest BCUT2D eigenvalue weighted by Crippen LogP contribution is 2.31. The fourth-order valence-corrected chi connectivity index (χ4v) is 3.76. The van der Waals surface area contributed by atoms with E-state index in [9.17, 15) is 0 Å². The van der Waals surface area contributed by atoms with Crippen molar-refractivity contribution in [2.24, 2.45) is 11.7 Å². The van der Waals surface area contributed by atoms with Gasteiger partial charge in [0, 0.05) is 30.9 Å². The van der Waals surface area contributed by atoms with Crippen molar-refractivity contribution in [2.45, 2.75) is 58.4 Å². The molecule has 1 aromatic heterocycles. The number of nitrogens with zero attached hydrogens (tertiary/aromatic N) is 2. The highest BCUT2D eigenvalue weighted by atomic mass is 15.2. The summed E-state index contributed by atoms with van der Waals surface area (Å²) in [4.78, 5) is 7.49. The summed E-state index contributed by atoms with van der Waals surface area (Å²) in [6.07, 6.45) is 8.89. The Balaban J connectivity index is 1.85. The van der Waals surface area contributed by atoms with Crippen LogP contribution in [0.1, 0.15) is 55.8 Å². The Hall–Kier alpha value is -1.09. The summed E-state index contributed by atoms with van der Waals surface area (Å²) in [5, 5.41) is 0. The second-order valence-electron chi connectivity index (χ2n) is 6.38. The van der Waals surface area contributed by atoms with Gasteiger partial charge in [0.2, 0.25) is 0 Å². The molecular weight excluding hydrogens is 246 g/mol. The highest BCUT2D eigenvalue weighted by molar-refractivity contribution is 5.51. The van der Waals surface area contributed by atoms with Crippen molar-refractivity contribution in [2.75, 3.05) is 18.0 Å². The van der Waals surface area contributed by atoms with E-state index >= 15 is 0 Å². The van der Waals surface area contributed by atoms with E-state index in [1.807, 2.05) is 0 Å². The van der Waals surface area contributed by atoms with Gasteiger partial charge in [-0.15, -0.1) is 0 Å². The van der Waals surface area contributed by atoms with Gasteiger partial charge in [-0.25, -0.2) is 4.98 Å². The van der Waals surface area contributed by atoms with Crippen molar-refractivity contribution >= 4 is 5.82 Å². The van der Waals surface area contributed by atoms with Crippen LogP contribution in [0.15, 0.2) is 6.07 Å². The Morgan fingerprint density at radius 1 is 1.35 bits per heavy atom. The van der Waals surface area contributed by atoms with E-state index in [2.05, 4.69) is 17.9 Å². The van der Waals surface area contributed by atoms with Crippen LogP contribution in [0, 0.1) is 5.92 Å². The summed E-state index contributed by atoms with van der Waals surface area (Å²) in [6, 6.07) is 2.34. The average Bonchev–Trinajstić information content (AvgIpc) is 2.94. The first-order valence-corrected chi connectivity index (χ1v) is 8.28. The lowest BCUT2D eigenvalue weighted by Crippen LogP contribution is -2.24. The number of aromatic nitrogens is 1. The maximum atomic E-state index is 5.98. The van der Waals surface area contributed by atoms with Crippen LogP contribution in [-0.4, -0.2) is 18.1 Å². The number of fused-ring (bicyclic) bond motifs is 1. The van der Waals surface area contributed by atoms with Gasteiger partial charge in [-0.05, 0) is 56.1 Å². The van der Waals surface area contributed by atoms with Crippen LogP contribution in [0.5, 0.6) is 0 Å². The van der Waals surface area contributed by atoms with Crippen LogP contribution in [0.3, 0.4) is 0 Å². The minimum absolute atomic E-state index is 0.616. The molecule has 20 heavy (non-hydrogen) atoms. The summed E-state index contributed by atoms with van der Waals surface area (Å²) in [5.74, 6) is 2.04. The van der Waals surface area contributed by atoms with E-state index in [-0.39, 0.29) is 0 Å². The Kier molecular flexibility index (Phi) is 4.25. The van der Waals surface area contributed by atoms with Gasteiger partial charge in [-0.1, -0.05) is 13.3 Å². The van der Waals surface area contributed by atoms with Crippen LogP contribution in [0.4, 0.5) is 5.82 Å². The molecule has 0 amide bonds. The zero-order chi connectivity index (χ0) is 13.9. The fourth-order valence-electron chi connectivity index (χ4n) is 3.76. The van der Waals surface area contributed by atoms with Crippen LogP contribution < -0.4 is 10.6 Å². The van der Waals surface area contributed by atoms with Gasteiger partial charge in [-0.3, -0.25) is 0 Å². The van der Waals surface area contributed by atoms with E-state index in [1.54, 1.807) is 0 Å². The van der Waals surface area contributed by atoms with Gasteiger partial charge in [0.05, 0.1) is 0 Å². The lowest BCUT2D eigenvalue weighted by atomic mass is 9.94. The second-order valence-corrected chi connectivity index (χ2v) is 6.38. The monoisotopic (exact) mass is 273 g/mol. The van der Waals surface area contributed by atoms with Gasteiger partial charge >= 0.3 is 0 Å². The maximum absolute atomic E-state index is 5.98. The van der Waals surface area contributed by atoms with Crippen molar-refractivity contribution in [3.8, 4) is 0 Å². The van der Waals surface area contributed by atoms with Gasteiger partial charge in [0.15, 0.2) is 0 Å². The van der Waals surface area contributed by atoms with Gasteiger partial charge in [0.1, 0.15) is 5.82 Å². The first kappa shape index (κ1) is 13.9. The molecule has 110 valence electrons. The van der Waals surface area contributed by atoms with Crippen LogP contribution >= 0.6 is 0 Å². The number of hydrogen-bond donors (Lipinski definition) is 1. The van der Waals surface area contributed by atoms with E-state index < -0.39 is 0 Å². The number of nitrogens with two attached hydrogens (primary N) is 1. The van der Waals surface area contributed by atoms with Crippen molar-refractivity contribution in [1.29, 1.82) is 0 Å². The smallest absolute Gasteiger partial charge is 0.133 e. The number of anilines is 1. The molecule has 1 atom stereocenters. The van der Waals surface area contributed by atoms with Gasteiger partial charge < -0.3 is 10.6 Å². The Morgan fingerprint density at radius 3 is 3.00 bits per heavy atom. The molecule has 0 radical (unpaired) electrons. The summed E-state index contributed by atoms with van der Waals surface area (Å²) >= 11 is 0. The fraction of sp³-hybridized carbons (Fsp3) is 0.706. The molecule has 0 saturated carbocycles. The number of hydrogen-bond acceptors (Lipinski definition) is 3. The molecule has 1 unspecified atom stereocenters. The molecule has 0 spiro atoms. The Labute approximate surface area is 122 Å². The highest BCUT2D eigenvalue weighted by Gasteiger charge is 2.25. The average molecular weight is 273 g/mol. The third-order valence-corrected chi connectivity index (χ3v) is 4.86. The minimum Gasteiger partial charge on any atom is -0.356 e. The van der Waals surface area contributed by atoms with Gasteiger partial charge in [-0.2, -0.15) is 0 Å². The molecule has 2 heterocycles. The number of aryl methyl sites for hydroxylation is 2.